The van der Waals surface area contributed by atoms with Crippen LogP contribution < -0.4 is 5.32 Å². The number of aliphatic hydroxyl groups excluding tert-OH is 1. The van der Waals surface area contributed by atoms with Crippen molar-refractivity contribution in [3.8, 4) is 0 Å². The highest BCUT2D eigenvalue weighted by atomic mass is 35.5. The maximum Gasteiger partial charge on any atom is 0.252 e. The molecule has 29 heavy (non-hydrogen) atoms. The maximum absolute atomic E-state index is 12.5. The van der Waals surface area contributed by atoms with Crippen LogP contribution in [0.15, 0.2) is 42.5 Å². The molecule has 154 valence electrons. The Morgan fingerprint density at radius 3 is 2.69 bits per heavy atom. The molecule has 7 heteroatoms. The standard InChI is InChI=1S/C22H24Cl2N2O3/c1-14-5-2-3-7-16(14)12-26-13-17(20(27)22(26)29)21(28)25-10-4-6-15-8-9-18(23)19(24)11-15/h2-3,5,7-9,11,17,20,27H,4,6,10,12-13H2,1H3,(H,25,28). The normalized spacial score (nSPS) is 18.9. The number of hydrogen-bond donors (Lipinski definition) is 2. The van der Waals surface area contributed by atoms with E-state index in [4.69, 9.17) is 23.2 Å². The van der Waals surface area contributed by atoms with Crippen molar-refractivity contribution >= 4 is 35.0 Å². The van der Waals surface area contributed by atoms with E-state index in [1.165, 1.54) is 0 Å². The molecule has 1 heterocycles. The molecule has 0 aliphatic carbocycles. The van der Waals surface area contributed by atoms with Gasteiger partial charge in [0.25, 0.3) is 5.91 Å². The van der Waals surface area contributed by atoms with Gasteiger partial charge in [-0.3, -0.25) is 9.59 Å². The quantitative estimate of drug-likeness (QED) is 0.656. The van der Waals surface area contributed by atoms with Crippen molar-refractivity contribution in [1.82, 2.24) is 10.2 Å². The molecule has 1 saturated heterocycles. The third-order valence-electron chi connectivity index (χ3n) is 5.25. The van der Waals surface area contributed by atoms with E-state index in [1.54, 1.807) is 11.0 Å². The predicted molar refractivity (Wildman–Crippen MR) is 114 cm³/mol. The molecule has 2 atom stereocenters. The zero-order valence-electron chi connectivity index (χ0n) is 16.2. The van der Waals surface area contributed by atoms with E-state index in [0.717, 1.165) is 23.1 Å². The number of aryl methyl sites for hydroxylation is 2. The van der Waals surface area contributed by atoms with Gasteiger partial charge in [-0.05, 0) is 48.6 Å². The van der Waals surface area contributed by atoms with Crippen LogP contribution in [0, 0.1) is 12.8 Å². The number of hydrogen-bond acceptors (Lipinski definition) is 3. The monoisotopic (exact) mass is 434 g/mol. The van der Waals surface area contributed by atoms with Gasteiger partial charge in [-0.1, -0.05) is 53.5 Å². The second kappa shape index (κ2) is 9.61. The number of nitrogens with zero attached hydrogens (tertiary/aromatic N) is 1. The first kappa shape index (κ1) is 21.6. The van der Waals surface area contributed by atoms with Crippen LogP contribution in [0.25, 0.3) is 0 Å². The van der Waals surface area contributed by atoms with E-state index < -0.39 is 17.9 Å². The molecule has 2 amide bonds. The molecule has 3 rings (SSSR count). The molecule has 2 unspecified atom stereocenters. The van der Waals surface area contributed by atoms with Gasteiger partial charge in [0.2, 0.25) is 5.91 Å². The summed E-state index contributed by atoms with van der Waals surface area (Å²) in [5.41, 5.74) is 3.12. The Balaban J connectivity index is 1.49. The van der Waals surface area contributed by atoms with Gasteiger partial charge in [-0.15, -0.1) is 0 Å². The summed E-state index contributed by atoms with van der Waals surface area (Å²) >= 11 is 11.9. The molecule has 0 saturated carbocycles. The van der Waals surface area contributed by atoms with Gasteiger partial charge in [0, 0.05) is 19.6 Å². The number of aliphatic hydroxyl groups is 1. The molecule has 0 spiro atoms. The summed E-state index contributed by atoms with van der Waals surface area (Å²) in [6.07, 6.45) is 0.157. The van der Waals surface area contributed by atoms with Crippen LogP contribution in [-0.2, 0) is 22.6 Å². The predicted octanol–water partition coefficient (Wildman–Crippen LogP) is 3.37. The first-order valence-corrected chi connectivity index (χ1v) is 10.4. The zero-order valence-corrected chi connectivity index (χ0v) is 17.7. The van der Waals surface area contributed by atoms with E-state index in [2.05, 4.69) is 5.32 Å². The lowest BCUT2D eigenvalue weighted by Gasteiger charge is -2.17. The third-order valence-corrected chi connectivity index (χ3v) is 5.99. The van der Waals surface area contributed by atoms with Crippen molar-refractivity contribution in [3.05, 3.63) is 69.2 Å². The summed E-state index contributed by atoms with van der Waals surface area (Å²) in [4.78, 5) is 26.4. The van der Waals surface area contributed by atoms with Gasteiger partial charge in [-0.2, -0.15) is 0 Å². The number of carbonyl (C=O) groups is 2. The van der Waals surface area contributed by atoms with Gasteiger partial charge in [0.1, 0.15) is 6.10 Å². The van der Waals surface area contributed by atoms with Crippen LogP contribution in [0.3, 0.4) is 0 Å². The lowest BCUT2D eigenvalue weighted by Crippen LogP contribution is -2.38. The van der Waals surface area contributed by atoms with Gasteiger partial charge < -0.3 is 15.3 Å². The molecule has 2 N–H and O–H groups in total. The topological polar surface area (TPSA) is 69.6 Å². The summed E-state index contributed by atoms with van der Waals surface area (Å²) < 4.78 is 0. The van der Waals surface area contributed by atoms with Crippen LogP contribution >= 0.6 is 23.2 Å². The lowest BCUT2D eigenvalue weighted by atomic mass is 10.0. The van der Waals surface area contributed by atoms with E-state index in [9.17, 15) is 14.7 Å². The van der Waals surface area contributed by atoms with Crippen molar-refractivity contribution in [3.63, 3.8) is 0 Å². The van der Waals surface area contributed by atoms with Crippen molar-refractivity contribution < 1.29 is 14.7 Å². The summed E-state index contributed by atoms with van der Waals surface area (Å²) in [5.74, 6) is -1.45. The fraction of sp³-hybridized carbons (Fsp3) is 0.364. The fourth-order valence-electron chi connectivity index (χ4n) is 3.48. The molecular weight excluding hydrogens is 411 g/mol. The Kier molecular flexibility index (Phi) is 7.17. The molecule has 0 radical (unpaired) electrons. The number of nitrogens with one attached hydrogen (secondary N) is 1. The van der Waals surface area contributed by atoms with Crippen LogP contribution in [-0.4, -0.2) is 41.0 Å². The minimum Gasteiger partial charge on any atom is -0.382 e. The van der Waals surface area contributed by atoms with E-state index >= 15 is 0 Å². The van der Waals surface area contributed by atoms with Crippen LogP contribution in [0.5, 0.6) is 0 Å². The first-order chi connectivity index (χ1) is 13.9. The van der Waals surface area contributed by atoms with E-state index in [-0.39, 0.29) is 12.5 Å². The van der Waals surface area contributed by atoms with Crippen molar-refractivity contribution in [2.75, 3.05) is 13.1 Å². The van der Waals surface area contributed by atoms with Crippen molar-refractivity contribution in [2.24, 2.45) is 5.92 Å². The largest absolute Gasteiger partial charge is 0.382 e. The first-order valence-electron chi connectivity index (χ1n) is 9.60. The molecule has 2 aromatic rings. The molecule has 0 bridgehead atoms. The second-order valence-corrected chi connectivity index (χ2v) is 8.15. The zero-order chi connectivity index (χ0) is 21.0. The molecule has 1 aliphatic rings. The van der Waals surface area contributed by atoms with Gasteiger partial charge >= 0.3 is 0 Å². The number of carbonyl (C=O) groups excluding carboxylic acids is 2. The lowest BCUT2D eigenvalue weighted by molar-refractivity contribution is -0.138. The highest BCUT2D eigenvalue weighted by Crippen LogP contribution is 2.24. The molecule has 0 aromatic heterocycles. The number of amides is 2. The molecule has 1 aliphatic heterocycles. The Labute approximate surface area is 180 Å². The number of halogens is 2. The smallest absolute Gasteiger partial charge is 0.252 e. The van der Waals surface area contributed by atoms with Crippen molar-refractivity contribution in [2.45, 2.75) is 32.4 Å². The van der Waals surface area contributed by atoms with E-state index in [1.807, 2.05) is 43.3 Å². The minimum atomic E-state index is -1.30. The Morgan fingerprint density at radius 1 is 1.21 bits per heavy atom. The molecular formula is C22H24Cl2N2O3. The third kappa shape index (κ3) is 5.30. The molecule has 2 aromatic carbocycles. The minimum absolute atomic E-state index is 0.215. The Bertz CT molecular complexity index is 903. The SMILES string of the molecule is Cc1ccccc1CN1CC(C(=O)NCCCc2ccc(Cl)c(Cl)c2)C(O)C1=O. The number of likely N-dealkylation sites (tertiary alicyclic amines) is 1. The van der Waals surface area contributed by atoms with Gasteiger partial charge in [-0.25, -0.2) is 0 Å². The highest BCUT2D eigenvalue weighted by molar-refractivity contribution is 6.42. The van der Waals surface area contributed by atoms with Crippen molar-refractivity contribution in [1.29, 1.82) is 0 Å². The maximum atomic E-state index is 12.5. The summed E-state index contributed by atoms with van der Waals surface area (Å²) in [5, 5.41) is 14.1. The number of benzene rings is 2. The Morgan fingerprint density at radius 2 is 1.97 bits per heavy atom. The van der Waals surface area contributed by atoms with Crippen LogP contribution in [0.2, 0.25) is 10.0 Å². The number of rotatable bonds is 7. The average molecular weight is 435 g/mol. The summed E-state index contributed by atoms with van der Waals surface area (Å²) in [6.45, 7) is 3.04. The fourth-order valence-corrected chi connectivity index (χ4v) is 3.80. The average Bonchev–Trinajstić information content (AvgIpc) is 2.98. The van der Waals surface area contributed by atoms with Gasteiger partial charge in [0.05, 0.1) is 16.0 Å². The van der Waals surface area contributed by atoms with Crippen LogP contribution in [0.1, 0.15) is 23.1 Å². The van der Waals surface area contributed by atoms with Gasteiger partial charge in [0.15, 0.2) is 0 Å². The van der Waals surface area contributed by atoms with E-state index in [0.29, 0.717) is 29.6 Å². The summed E-state index contributed by atoms with van der Waals surface area (Å²) in [6, 6.07) is 13.2. The van der Waals surface area contributed by atoms with Crippen LogP contribution in [0.4, 0.5) is 0 Å². The Hall–Kier alpha value is -2.08. The molecule has 1 fully saturated rings. The second-order valence-electron chi connectivity index (χ2n) is 7.34. The highest BCUT2D eigenvalue weighted by Gasteiger charge is 2.43. The molecule has 5 nitrogen and oxygen atoms in total. The summed E-state index contributed by atoms with van der Waals surface area (Å²) in [7, 11) is 0.